The summed E-state index contributed by atoms with van der Waals surface area (Å²) in [4.78, 5) is 11.8. The summed E-state index contributed by atoms with van der Waals surface area (Å²) < 4.78 is 4.90. The summed E-state index contributed by atoms with van der Waals surface area (Å²) in [5.74, 6) is -0.119. The summed E-state index contributed by atoms with van der Waals surface area (Å²) in [5.41, 5.74) is 7.75. The quantitative estimate of drug-likeness (QED) is 0.583. The summed E-state index contributed by atoms with van der Waals surface area (Å²) in [6.45, 7) is 3.12. The SMILES string of the molecule is COCCCNC(=O)c1c(C)cccc1N. The van der Waals surface area contributed by atoms with E-state index in [1.165, 1.54) is 0 Å². The highest BCUT2D eigenvalue weighted by Gasteiger charge is 2.11. The Kier molecular flexibility index (Phi) is 4.79. The van der Waals surface area contributed by atoms with Crippen molar-refractivity contribution in [3.63, 3.8) is 0 Å². The van der Waals surface area contributed by atoms with Gasteiger partial charge in [0.2, 0.25) is 0 Å². The Morgan fingerprint density at radius 2 is 2.25 bits per heavy atom. The molecule has 0 fully saturated rings. The van der Waals surface area contributed by atoms with Gasteiger partial charge >= 0.3 is 0 Å². The van der Waals surface area contributed by atoms with Gasteiger partial charge in [0.15, 0.2) is 0 Å². The zero-order valence-electron chi connectivity index (χ0n) is 9.75. The molecule has 16 heavy (non-hydrogen) atoms. The fourth-order valence-corrected chi connectivity index (χ4v) is 1.51. The number of nitrogens with one attached hydrogen (secondary N) is 1. The molecule has 0 aromatic heterocycles. The number of carbonyl (C=O) groups excluding carboxylic acids is 1. The van der Waals surface area contributed by atoms with Gasteiger partial charge in [0.1, 0.15) is 0 Å². The van der Waals surface area contributed by atoms with Gasteiger partial charge < -0.3 is 15.8 Å². The van der Waals surface area contributed by atoms with Crippen LogP contribution in [0.4, 0.5) is 5.69 Å². The molecule has 4 nitrogen and oxygen atoms in total. The number of hydrogen-bond acceptors (Lipinski definition) is 3. The molecular weight excluding hydrogens is 204 g/mol. The van der Waals surface area contributed by atoms with Crippen molar-refractivity contribution >= 4 is 11.6 Å². The van der Waals surface area contributed by atoms with Crippen LogP contribution in [-0.4, -0.2) is 26.2 Å². The van der Waals surface area contributed by atoms with E-state index in [4.69, 9.17) is 10.5 Å². The maximum absolute atomic E-state index is 11.8. The Labute approximate surface area is 95.8 Å². The number of rotatable bonds is 5. The zero-order valence-corrected chi connectivity index (χ0v) is 9.75. The first-order valence-electron chi connectivity index (χ1n) is 5.29. The summed E-state index contributed by atoms with van der Waals surface area (Å²) in [7, 11) is 1.64. The summed E-state index contributed by atoms with van der Waals surface area (Å²) in [6, 6.07) is 5.45. The van der Waals surface area contributed by atoms with Crippen LogP contribution in [0.5, 0.6) is 0 Å². The van der Waals surface area contributed by atoms with Crippen LogP contribution >= 0.6 is 0 Å². The maximum atomic E-state index is 11.8. The van der Waals surface area contributed by atoms with Gasteiger partial charge in [-0.2, -0.15) is 0 Å². The molecule has 0 heterocycles. The minimum Gasteiger partial charge on any atom is -0.398 e. The zero-order chi connectivity index (χ0) is 12.0. The van der Waals surface area contributed by atoms with Crippen LogP contribution < -0.4 is 11.1 Å². The Bertz CT molecular complexity index is 344. The maximum Gasteiger partial charge on any atom is 0.253 e. The van der Waals surface area contributed by atoms with E-state index in [0.29, 0.717) is 24.4 Å². The van der Waals surface area contributed by atoms with Crippen molar-refractivity contribution < 1.29 is 9.53 Å². The number of aryl methyl sites for hydroxylation is 1. The van der Waals surface area contributed by atoms with Crippen LogP contribution in [0.1, 0.15) is 22.3 Å². The van der Waals surface area contributed by atoms with Crippen molar-refractivity contribution in [2.45, 2.75) is 13.3 Å². The van der Waals surface area contributed by atoms with Crippen LogP contribution in [0.3, 0.4) is 0 Å². The number of ether oxygens (including phenoxy) is 1. The largest absolute Gasteiger partial charge is 0.398 e. The molecule has 0 atom stereocenters. The first-order chi connectivity index (χ1) is 7.66. The molecule has 1 rings (SSSR count). The first-order valence-corrected chi connectivity index (χ1v) is 5.29. The highest BCUT2D eigenvalue weighted by molar-refractivity contribution is 6.00. The van der Waals surface area contributed by atoms with Crippen molar-refractivity contribution in [1.29, 1.82) is 0 Å². The molecule has 3 N–H and O–H groups in total. The molecule has 0 bridgehead atoms. The Hall–Kier alpha value is -1.55. The molecule has 0 aliphatic carbocycles. The predicted octanol–water partition coefficient (Wildman–Crippen LogP) is 1.34. The number of amides is 1. The molecular formula is C12H18N2O2. The second-order valence-electron chi connectivity index (χ2n) is 3.64. The lowest BCUT2D eigenvalue weighted by molar-refractivity contribution is 0.0949. The van der Waals surface area contributed by atoms with Gasteiger partial charge in [-0.05, 0) is 25.0 Å². The average molecular weight is 222 g/mol. The molecule has 0 aliphatic heterocycles. The van der Waals surface area contributed by atoms with Gasteiger partial charge in [0.05, 0.1) is 5.56 Å². The third-order valence-corrected chi connectivity index (χ3v) is 2.34. The molecule has 0 unspecified atom stereocenters. The van der Waals surface area contributed by atoms with Crippen molar-refractivity contribution in [1.82, 2.24) is 5.32 Å². The van der Waals surface area contributed by atoms with Crippen LogP contribution in [0, 0.1) is 6.92 Å². The Morgan fingerprint density at radius 3 is 2.88 bits per heavy atom. The van der Waals surface area contributed by atoms with Gasteiger partial charge in [0.25, 0.3) is 5.91 Å². The lowest BCUT2D eigenvalue weighted by Crippen LogP contribution is -2.26. The Morgan fingerprint density at radius 1 is 1.50 bits per heavy atom. The minimum absolute atomic E-state index is 0.119. The molecule has 0 saturated heterocycles. The monoisotopic (exact) mass is 222 g/mol. The van der Waals surface area contributed by atoms with Crippen LogP contribution in [0.15, 0.2) is 18.2 Å². The van der Waals surface area contributed by atoms with E-state index in [1.54, 1.807) is 13.2 Å². The number of benzene rings is 1. The molecule has 1 aromatic carbocycles. The molecule has 1 aromatic rings. The molecule has 88 valence electrons. The fraction of sp³-hybridized carbons (Fsp3) is 0.417. The summed E-state index contributed by atoms with van der Waals surface area (Å²) in [6.07, 6.45) is 0.800. The second-order valence-corrected chi connectivity index (χ2v) is 3.64. The predicted molar refractivity (Wildman–Crippen MR) is 64.4 cm³/mol. The van der Waals surface area contributed by atoms with E-state index < -0.39 is 0 Å². The topological polar surface area (TPSA) is 64.3 Å². The number of carbonyl (C=O) groups is 1. The lowest BCUT2D eigenvalue weighted by atomic mass is 10.1. The highest BCUT2D eigenvalue weighted by atomic mass is 16.5. The van der Waals surface area contributed by atoms with Crippen LogP contribution in [0.25, 0.3) is 0 Å². The Balaban J connectivity index is 2.59. The fourth-order valence-electron chi connectivity index (χ4n) is 1.51. The van der Waals surface area contributed by atoms with Gasteiger partial charge in [-0.1, -0.05) is 12.1 Å². The average Bonchev–Trinajstić information content (AvgIpc) is 2.24. The van der Waals surface area contributed by atoms with Crippen molar-refractivity contribution in [3.05, 3.63) is 29.3 Å². The normalized spacial score (nSPS) is 10.1. The van der Waals surface area contributed by atoms with Crippen LogP contribution in [0.2, 0.25) is 0 Å². The van der Waals surface area contributed by atoms with E-state index in [2.05, 4.69) is 5.32 Å². The number of nitrogen functional groups attached to an aromatic ring is 1. The number of nitrogens with two attached hydrogens (primary N) is 1. The van der Waals surface area contributed by atoms with Crippen molar-refractivity contribution in [2.75, 3.05) is 26.0 Å². The molecule has 0 aliphatic rings. The van der Waals surface area contributed by atoms with Gasteiger partial charge in [-0.15, -0.1) is 0 Å². The van der Waals surface area contributed by atoms with Gasteiger partial charge in [-0.25, -0.2) is 0 Å². The number of methoxy groups -OCH3 is 1. The molecule has 0 radical (unpaired) electrons. The lowest BCUT2D eigenvalue weighted by Gasteiger charge is -2.09. The molecule has 1 amide bonds. The smallest absolute Gasteiger partial charge is 0.253 e. The van der Waals surface area contributed by atoms with Gasteiger partial charge in [-0.3, -0.25) is 4.79 Å². The third-order valence-electron chi connectivity index (χ3n) is 2.34. The van der Waals surface area contributed by atoms with Crippen LogP contribution in [-0.2, 0) is 4.74 Å². The second kappa shape index (κ2) is 6.12. The van der Waals surface area contributed by atoms with E-state index in [1.807, 2.05) is 19.1 Å². The highest BCUT2D eigenvalue weighted by Crippen LogP contribution is 2.15. The minimum atomic E-state index is -0.119. The first kappa shape index (κ1) is 12.5. The third kappa shape index (κ3) is 3.24. The molecule has 0 saturated carbocycles. The van der Waals surface area contributed by atoms with Crippen molar-refractivity contribution in [3.8, 4) is 0 Å². The number of anilines is 1. The standard InChI is InChI=1S/C12H18N2O2/c1-9-5-3-6-10(13)11(9)12(15)14-7-4-8-16-2/h3,5-6H,4,7-8,13H2,1-2H3,(H,14,15). The van der Waals surface area contributed by atoms with E-state index in [9.17, 15) is 4.79 Å². The van der Waals surface area contributed by atoms with E-state index >= 15 is 0 Å². The summed E-state index contributed by atoms with van der Waals surface area (Å²) in [5, 5.41) is 2.82. The molecule has 0 spiro atoms. The summed E-state index contributed by atoms with van der Waals surface area (Å²) >= 11 is 0. The van der Waals surface area contributed by atoms with Gasteiger partial charge in [0, 0.05) is 25.9 Å². The number of hydrogen-bond donors (Lipinski definition) is 2. The van der Waals surface area contributed by atoms with Crippen molar-refractivity contribution in [2.24, 2.45) is 0 Å². The van der Waals surface area contributed by atoms with E-state index in [0.717, 1.165) is 12.0 Å². The molecule has 4 heteroatoms. The van der Waals surface area contributed by atoms with E-state index in [-0.39, 0.29) is 5.91 Å².